The summed E-state index contributed by atoms with van der Waals surface area (Å²) in [5.41, 5.74) is 1.33. The number of benzene rings is 2. The molecule has 2 aromatic carbocycles. The van der Waals surface area contributed by atoms with Crippen molar-refractivity contribution >= 4 is 16.4 Å². The average Bonchev–Trinajstić information content (AvgIpc) is 2.64. The van der Waals surface area contributed by atoms with E-state index in [0.29, 0.717) is 24.4 Å². The second-order valence-electron chi connectivity index (χ2n) is 5.89. The molecule has 0 saturated heterocycles. The van der Waals surface area contributed by atoms with E-state index in [0.717, 1.165) is 9.87 Å². The van der Waals surface area contributed by atoms with Crippen LogP contribution in [-0.4, -0.2) is 50.9 Å². The Morgan fingerprint density at radius 2 is 1.63 bits per heavy atom. The number of rotatable bonds is 7. The minimum absolute atomic E-state index is 0.130. The second kappa shape index (κ2) is 8.88. The van der Waals surface area contributed by atoms with Crippen LogP contribution in [0.15, 0.2) is 48.5 Å². The van der Waals surface area contributed by atoms with Crippen molar-refractivity contribution in [2.45, 2.75) is 13.8 Å². The maximum atomic E-state index is 12.3. The zero-order chi connectivity index (χ0) is 20.0. The Balaban J connectivity index is 2.44. The summed E-state index contributed by atoms with van der Waals surface area (Å²) < 4.78 is 35.6. The monoisotopic (exact) mass is 392 g/mol. The molecule has 2 aromatic rings. The van der Waals surface area contributed by atoms with Gasteiger partial charge in [0.1, 0.15) is 11.5 Å². The van der Waals surface area contributed by atoms with Gasteiger partial charge in [0.2, 0.25) is 0 Å². The summed E-state index contributed by atoms with van der Waals surface area (Å²) in [6, 6.07) is 13.8. The molecule has 0 aliphatic carbocycles. The SMILES string of the molecule is CCN(CC)C(=O)Oc1ccc(OS(=O)(=O)N(C)C)cc1-c1ccccc1. The van der Waals surface area contributed by atoms with E-state index in [9.17, 15) is 13.2 Å². The summed E-state index contributed by atoms with van der Waals surface area (Å²) in [7, 11) is -1.12. The molecule has 2 rings (SSSR count). The largest absolute Gasteiger partial charge is 0.415 e. The highest BCUT2D eigenvalue weighted by Gasteiger charge is 2.19. The fourth-order valence-electron chi connectivity index (χ4n) is 2.33. The van der Waals surface area contributed by atoms with Crippen LogP contribution in [0.1, 0.15) is 13.8 Å². The van der Waals surface area contributed by atoms with Crippen molar-refractivity contribution in [3.05, 3.63) is 48.5 Å². The van der Waals surface area contributed by atoms with Crippen LogP contribution in [0.2, 0.25) is 0 Å². The quantitative estimate of drug-likeness (QED) is 0.722. The van der Waals surface area contributed by atoms with Crippen molar-refractivity contribution < 1.29 is 22.1 Å². The van der Waals surface area contributed by atoms with Crippen LogP contribution in [0.3, 0.4) is 0 Å². The fraction of sp³-hybridized carbons (Fsp3) is 0.316. The lowest BCUT2D eigenvalue weighted by molar-refractivity contribution is 0.157. The minimum atomic E-state index is -3.89. The predicted molar refractivity (Wildman–Crippen MR) is 104 cm³/mol. The third-order valence-corrected chi connectivity index (χ3v) is 5.20. The highest BCUT2D eigenvalue weighted by Crippen LogP contribution is 2.34. The second-order valence-corrected chi connectivity index (χ2v) is 7.64. The molecule has 0 aliphatic rings. The van der Waals surface area contributed by atoms with Crippen LogP contribution in [-0.2, 0) is 10.3 Å². The lowest BCUT2D eigenvalue weighted by Gasteiger charge is -2.20. The summed E-state index contributed by atoms with van der Waals surface area (Å²) in [5, 5.41) is 0. The van der Waals surface area contributed by atoms with E-state index < -0.39 is 16.4 Å². The number of hydrogen-bond donors (Lipinski definition) is 0. The van der Waals surface area contributed by atoms with Crippen molar-refractivity contribution in [2.24, 2.45) is 0 Å². The van der Waals surface area contributed by atoms with Crippen molar-refractivity contribution in [2.75, 3.05) is 27.2 Å². The van der Waals surface area contributed by atoms with Gasteiger partial charge in [-0.05, 0) is 37.6 Å². The van der Waals surface area contributed by atoms with Crippen LogP contribution in [0.5, 0.6) is 11.5 Å². The first-order chi connectivity index (χ1) is 12.8. The molecule has 0 spiro atoms. The Labute approximate surface area is 160 Å². The van der Waals surface area contributed by atoms with Crippen LogP contribution < -0.4 is 8.92 Å². The van der Waals surface area contributed by atoms with Gasteiger partial charge in [0.15, 0.2) is 0 Å². The van der Waals surface area contributed by atoms with Gasteiger partial charge in [-0.3, -0.25) is 0 Å². The summed E-state index contributed by atoms with van der Waals surface area (Å²) in [5.74, 6) is 0.456. The van der Waals surface area contributed by atoms with E-state index in [-0.39, 0.29) is 5.75 Å². The fourth-order valence-corrected chi connectivity index (χ4v) is 2.83. The molecule has 0 radical (unpaired) electrons. The maximum Gasteiger partial charge on any atom is 0.415 e. The van der Waals surface area contributed by atoms with Gasteiger partial charge in [-0.25, -0.2) is 4.79 Å². The highest BCUT2D eigenvalue weighted by molar-refractivity contribution is 7.84. The highest BCUT2D eigenvalue weighted by atomic mass is 32.2. The van der Waals surface area contributed by atoms with Gasteiger partial charge in [-0.1, -0.05) is 30.3 Å². The van der Waals surface area contributed by atoms with Gasteiger partial charge in [0, 0.05) is 32.7 Å². The maximum absolute atomic E-state index is 12.3. The Morgan fingerprint density at radius 1 is 1.00 bits per heavy atom. The van der Waals surface area contributed by atoms with Gasteiger partial charge < -0.3 is 13.8 Å². The van der Waals surface area contributed by atoms with Crippen molar-refractivity contribution in [1.82, 2.24) is 9.21 Å². The summed E-state index contributed by atoms with van der Waals surface area (Å²) >= 11 is 0. The molecule has 0 atom stereocenters. The van der Waals surface area contributed by atoms with Gasteiger partial charge >= 0.3 is 16.4 Å². The standard InChI is InChI=1S/C19H24N2O5S/c1-5-21(6-2)19(22)25-18-13-12-16(26-27(23,24)20(3)4)14-17(18)15-10-8-7-9-11-15/h7-14H,5-6H2,1-4H3. The molecule has 0 aliphatic heterocycles. The summed E-state index contributed by atoms with van der Waals surface area (Å²) in [6.45, 7) is 4.79. The van der Waals surface area contributed by atoms with Gasteiger partial charge in [-0.15, -0.1) is 0 Å². The first-order valence-electron chi connectivity index (χ1n) is 8.56. The Morgan fingerprint density at radius 3 is 2.19 bits per heavy atom. The predicted octanol–water partition coefficient (Wildman–Crippen LogP) is 3.38. The number of carbonyl (C=O) groups excluding carboxylic acids is 1. The Bertz CT molecular complexity index is 878. The zero-order valence-corrected chi connectivity index (χ0v) is 16.7. The number of nitrogens with zero attached hydrogens (tertiary/aromatic N) is 2. The molecule has 8 heteroatoms. The Kier molecular flexibility index (Phi) is 6.81. The lowest BCUT2D eigenvalue weighted by Crippen LogP contribution is -2.33. The molecular formula is C19H24N2O5S. The van der Waals surface area contributed by atoms with Crippen LogP contribution in [0, 0.1) is 0 Å². The molecule has 0 N–H and O–H groups in total. The van der Waals surface area contributed by atoms with Crippen molar-refractivity contribution in [3.63, 3.8) is 0 Å². The third-order valence-electron chi connectivity index (χ3n) is 3.90. The van der Waals surface area contributed by atoms with Gasteiger partial charge in [0.25, 0.3) is 0 Å². The van der Waals surface area contributed by atoms with E-state index in [2.05, 4.69) is 0 Å². The van der Waals surface area contributed by atoms with E-state index in [1.807, 2.05) is 44.2 Å². The van der Waals surface area contributed by atoms with Crippen molar-refractivity contribution in [3.8, 4) is 22.6 Å². The summed E-state index contributed by atoms with van der Waals surface area (Å²) in [6.07, 6.45) is -0.466. The molecule has 0 aromatic heterocycles. The number of carbonyl (C=O) groups is 1. The first-order valence-corrected chi connectivity index (χ1v) is 9.93. The molecule has 146 valence electrons. The molecule has 0 unspecified atom stereocenters. The number of ether oxygens (including phenoxy) is 1. The van der Waals surface area contributed by atoms with Gasteiger partial charge in [0.05, 0.1) is 0 Å². The summed E-state index contributed by atoms with van der Waals surface area (Å²) in [4.78, 5) is 13.9. The van der Waals surface area contributed by atoms with Crippen molar-refractivity contribution in [1.29, 1.82) is 0 Å². The van der Waals surface area contributed by atoms with Crippen LogP contribution in [0.25, 0.3) is 11.1 Å². The van der Waals surface area contributed by atoms with E-state index >= 15 is 0 Å². The molecule has 7 nitrogen and oxygen atoms in total. The Hall–Kier alpha value is -2.58. The minimum Gasteiger partial charge on any atom is -0.410 e. The molecule has 0 fully saturated rings. The molecule has 0 saturated carbocycles. The third kappa shape index (κ3) is 5.21. The molecular weight excluding hydrogens is 368 g/mol. The van der Waals surface area contributed by atoms with E-state index in [4.69, 9.17) is 8.92 Å². The van der Waals surface area contributed by atoms with E-state index in [1.54, 1.807) is 11.0 Å². The molecule has 27 heavy (non-hydrogen) atoms. The van der Waals surface area contributed by atoms with Gasteiger partial charge in [-0.2, -0.15) is 12.7 Å². The number of hydrogen-bond acceptors (Lipinski definition) is 5. The van der Waals surface area contributed by atoms with Crippen LogP contribution in [0.4, 0.5) is 4.79 Å². The molecule has 0 bridgehead atoms. The molecule has 0 heterocycles. The molecule has 1 amide bonds. The normalized spacial score (nSPS) is 11.3. The zero-order valence-electron chi connectivity index (χ0n) is 15.9. The smallest absolute Gasteiger partial charge is 0.410 e. The van der Waals surface area contributed by atoms with E-state index in [1.165, 1.54) is 26.2 Å². The van der Waals surface area contributed by atoms with Crippen LogP contribution >= 0.6 is 0 Å². The first kappa shape index (κ1) is 20.7. The lowest BCUT2D eigenvalue weighted by atomic mass is 10.0. The topological polar surface area (TPSA) is 76.1 Å². The number of amides is 1. The average molecular weight is 392 g/mol.